The molecule has 0 saturated carbocycles. The second-order valence-corrected chi connectivity index (χ2v) is 8.23. The number of halogens is 3. The van der Waals surface area contributed by atoms with Crippen molar-refractivity contribution in [3.63, 3.8) is 0 Å². The minimum Gasteiger partial charge on any atom is -0.465 e. The van der Waals surface area contributed by atoms with Gasteiger partial charge in [0.25, 0.3) is 5.91 Å². The smallest absolute Gasteiger partial charge is 0.339 e. The molecule has 2 rings (SSSR count). The van der Waals surface area contributed by atoms with Gasteiger partial charge in [-0.1, -0.05) is 65.1 Å². The minimum absolute atomic E-state index is 0.0287. The first-order valence-corrected chi connectivity index (χ1v) is 9.44. The number of hydrogen-bond donors (Lipinski definition) is 3. The predicted octanol–water partition coefficient (Wildman–Crippen LogP) is 3.89. The van der Waals surface area contributed by atoms with E-state index in [1.54, 1.807) is 54.6 Å². The van der Waals surface area contributed by atoms with Crippen LogP contribution in [0.25, 0.3) is 0 Å². The molecule has 1 amide bonds. The number of carbonyl (C=O) groups excluding carboxylic acids is 2. The van der Waals surface area contributed by atoms with E-state index in [0.29, 0.717) is 11.3 Å². The van der Waals surface area contributed by atoms with Crippen molar-refractivity contribution < 1.29 is 14.3 Å². The van der Waals surface area contributed by atoms with E-state index < -0.39 is 21.8 Å². The number of para-hydroxylation sites is 1. The van der Waals surface area contributed by atoms with Gasteiger partial charge >= 0.3 is 5.97 Å². The van der Waals surface area contributed by atoms with Gasteiger partial charge in [-0.15, -0.1) is 0 Å². The highest BCUT2D eigenvalue weighted by atomic mass is 35.6. The Balaban J connectivity index is 2.12. The molecule has 0 heterocycles. The summed E-state index contributed by atoms with van der Waals surface area (Å²) in [6.45, 7) is 0. The van der Waals surface area contributed by atoms with Gasteiger partial charge in [0, 0.05) is 5.56 Å². The predicted molar refractivity (Wildman–Crippen MR) is 115 cm³/mol. The number of ether oxygens (including phenoxy) is 1. The maximum absolute atomic E-state index is 12.4. The van der Waals surface area contributed by atoms with Crippen LogP contribution in [0.3, 0.4) is 0 Å². The van der Waals surface area contributed by atoms with E-state index in [1.807, 2.05) is 0 Å². The molecule has 0 aliphatic heterocycles. The van der Waals surface area contributed by atoms with Gasteiger partial charge in [-0.05, 0) is 36.5 Å². The third-order valence-electron chi connectivity index (χ3n) is 3.49. The van der Waals surface area contributed by atoms with Crippen LogP contribution in [-0.2, 0) is 4.74 Å². The summed E-state index contributed by atoms with van der Waals surface area (Å²) in [4.78, 5) is 24.2. The fraction of sp³-hybridized carbons (Fsp3) is 0.167. The number of carbonyl (C=O) groups is 2. The maximum Gasteiger partial charge on any atom is 0.339 e. The van der Waals surface area contributed by atoms with Gasteiger partial charge < -0.3 is 20.7 Å². The molecule has 3 N–H and O–H groups in total. The molecular formula is C18H16Cl3N3O3S. The molecule has 2 aromatic rings. The molecule has 0 saturated heterocycles. The summed E-state index contributed by atoms with van der Waals surface area (Å²) in [6.07, 6.45) is -1.14. The first kappa shape index (κ1) is 22.2. The fourth-order valence-electron chi connectivity index (χ4n) is 2.17. The van der Waals surface area contributed by atoms with Gasteiger partial charge in [-0.3, -0.25) is 4.79 Å². The standard InChI is InChI=1S/C18H16Cl3N3O3S/c1-27-15(26)12-9-5-6-10-13(12)22-17(28)24-16(18(19,20)21)23-14(25)11-7-3-2-4-8-11/h2-10,16H,1H3,(H,23,25)(H2,22,24,28)/t16-/m0/s1. The number of nitrogens with one attached hydrogen (secondary N) is 3. The van der Waals surface area contributed by atoms with Gasteiger partial charge in [0.15, 0.2) is 5.11 Å². The Labute approximate surface area is 182 Å². The number of rotatable bonds is 5. The van der Waals surface area contributed by atoms with E-state index >= 15 is 0 Å². The van der Waals surface area contributed by atoms with Crippen LogP contribution in [0.15, 0.2) is 54.6 Å². The van der Waals surface area contributed by atoms with Crippen LogP contribution < -0.4 is 16.0 Å². The van der Waals surface area contributed by atoms with Crippen LogP contribution >= 0.6 is 47.0 Å². The molecule has 0 aliphatic rings. The summed E-state index contributed by atoms with van der Waals surface area (Å²) >= 11 is 23.2. The van der Waals surface area contributed by atoms with Crippen molar-refractivity contribution in [1.82, 2.24) is 10.6 Å². The Morgan fingerprint density at radius 2 is 1.61 bits per heavy atom. The van der Waals surface area contributed by atoms with E-state index in [9.17, 15) is 9.59 Å². The van der Waals surface area contributed by atoms with Gasteiger partial charge in [-0.2, -0.15) is 0 Å². The summed E-state index contributed by atoms with van der Waals surface area (Å²) in [5.41, 5.74) is 1.05. The first-order valence-electron chi connectivity index (χ1n) is 7.90. The summed E-state index contributed by atoms with van der Waals surface area (Å²) in [5.74, 6) is -0.997. The lowest BCUT2D eigenvalue weighted by Crippen LogP contribution is -2.56. The number of alkyl halides is 3. The average Bonchev–Trinajstić information content (AvgIpc) is 2.67. The van der Waals surface area contributed by atoms with E-state index in [4.69, 9.17) is 51.8 Å². The van der Waals surface area contributed by atoms with E-state index in [2.05, 4.69) is 16.0 Å². The summed E-state index contributed by atoms with van der Waals surface area (Å²) in [6, 6.07) is 15.0. The number of benzene rings is 2. The maximum atomic E-state index is 12.4. The average molecular weight is 461 g/mol. The molecule has 0 fully saturated rings. The van der Waals surface area contributed by atoms with E-state index in [0.717, 1.165) is 0 Å². The molecule has 0 unspecified atom stereocenters. The third kappa shape index (κ3) is 6.24. The molecule has 10 heteroatoms. The zero-order chi connectivity index (χ0) is 20.7. The molecule has 0 aromatic heterocycles. The van der Waals surface area contributed by atoms with Gasteiger partial charge in [0.1, 0.15) is 6.17 Å². The molecule has 0 bridgehead atoms. The van der Waals surface area contributed by atoms with Crippen molar-refractivity contribution in [2.75, 3.05) is 12.4 Å². The number of amides is 1. The molecular weight excluding hydrogens is 445 g/mol. The minimum atomic E-state index is -1.90. The summed E-state index contributed by atoms with van der Waals surface area (Å²) in [7, 11) is 1.27. The second-order valence-electron chi connectivity index (χ2n) is 5.45. The van der Waals surface area contributed by atoms with Crippen LogP contribution in [0, 0.1) is 0 Å². The van der Waals surface area contributed by atoms with Crippen molar-refractivity contribution in [2.24, 2.45) is 0 Å². The molecule has 6 nitrogen and oxygen atoms in total. The number of esters is 1. The Morgan fingerprint density at radius 1 is 1.00 bits per heavy atom. The zero-order valence-corrected chi connectivity index (χ0v) is 17.6. The Kier molecular flexibility index (Phi) is 7.88. The van der Waals surface area contributed by atoms with Crippen LogP contribution in [0.2, 0.25) is 0 Å². The number of anilines is 1. The van der Waals surface area contributed by atoms with Crippen molar-refractivity contribution in [3.05, 3.63) is 65.7 Å². The quantitative estimate of drug-likeness (QED) is 0.272. The second kappa shape index (κ2) is 9.93. The summed E-state index contributed by atoms with van der Waals surface area (Å²) in [5, 5.41) is 8.17. The fourth-order valence-corrected chi connectivity index (χ4v) is 2.73. The topological polar surface area (TPSA) is 79.5 Å². The number of thiocarbonyl (C=S) groups is 1. The van der Waals surface area contributed by atoms with Crippen molar-refractivity contribution in [3.8, 4) is 0 Å². The lowest BCUT2D eigenvalue weighted by Gasteiger charge is -2.28. The summed E-state index contributed by atoms with van der Waals surface area (Å²) < 4.78 is 2.83. The molecule has 0 aliphatic carbocycles. The zero-order valence-electron chi connectivity index (χ0n) is 14.5. The van der Waals surface area contributed by atoms with Crippen molar-refractivity contribution in [1.29, 1.82) is 0 Å². The number of hydrogen-bond acceptors (Lipinski definition) is 4. The SMILES string of the molecule is COC(=O)c1ccccc1NC(=S)N[C@H](NC(=O)c1ccccc1)C(Cl)(Cl)Cl. The van der Waals surface area contributed by atoms with Crippen molar-refractivity contribution >= 4 is 69.7 Å². The molecule has 28 heavy (non-hydrogen) atoms. The van der Waals surface area contributed by atoms with Gasteiger partial charge in [-0.25, -0.2) is 4.79 Å². The lowest BCUT2D eigenvalue weighted by molar-refractivity contribution is 0.0601. The lowest BCUT2D eigenvalue weighted by atomic mass is 10.2. The molecule has 1 atom stereocenters. The van der Waals surface area contributed by atoms with E-state index in [1.165, 1.54) is 7.11 Å². The highest BCUT2D eigenvalue weighted by Gasteiger charge is 2.35. The molecule has 0 spiro atoms. The molecule has 0 radical (unpaired) electrons. The molecule has 148 valence electrons. The van der Waals surface area contributed by atoms with E-state index in [-0.39, 0.29) is 10.7 Å². The van der Waals surface area contributed by atoms with Crippen LogP contribution in [0.5, 0.6) is 0 Å². The van der Waals surface area contributed by atoms with Gasteiger partial charge in [0.2, 0.25) is 3.79 Å². The Bertz CT molecular complexity index is 860. The third-order valence-corrected chi connectivity index (χ3v) is 4.37. The largest absolute Gasteiger partial charge is 0.465 e. The highest BCUT2D eigenvalue weighted by molar-refractivity contribution is 7.80. The Hall–Kier alpha value is -2.06. The van der Waals surface area contributed by atoms with Crippen LogP contribution in [0.4, 0.5) is 5.69 Å². The first-order chi connectivity index (χ1) is 13.2. The normalized spacial score (nSPS) is 11.9. The van der Waals surface area contributed by atoms with Gasteiger partial charge in [0.05, 0.1) is 18.4 Å². The monoisotopic (exact) mass is 459 g/mol. The highest BCUT2D eigenvalue weighted by Crippen LogP contribution is 2.29. The van der Waals surface area contributed by atoms with Crippen molar-refractivity contribution in [2.45, 2.75) is 9.96 Å². The van der Waals surface area contributed by atoms with Crippen LogP contribution in [-0.4, -0.2) is 34.1 Å². The molecule has 2 aromatic carbocycles. The number of methoxy groups -OCH3 is 1. The Morgan fingerprint density at radius 3 is 2.21 bits per heavy atom. The van der Waals surface area contributed by atoms with Crippen LogP contribution in [0.1, 0.15) is 20.7 Å².